The first-order valence-electron chi connectivity index (χ1n) is 5.32. The molecule has 1 aliphatic rings. The van der Waals surface area contributed by atoms with Crippen LogP contribution in [0.25, 0.3) is 0 Å². The number of hydrogen-bond acceptors (Lipinski definition) is 2. The van der Waals surface area contributed by atoms with Gasteiger partial charge in [-0.05, 0) is 24.2 Å². The van der Waals surface area contributed by atoms with E-state index in [0.29, 0.717) is 17.9 Å². The van der Waals surface area contributed by atoms with Gasteiger partial charge in [-0.2, -0.15) is 0 Å². The third kappa shape index (κ3) is 2.68. The summed E-state index contributed by atoms with van der Waals surface area (Å²) in [4.78, 5) is 0. The maximum absolute atomic E-state index is 6.11. The van der Waals surface area contributed by atoms with Crippen LogP contribution in [0.4, 0.5) is 0 Å². The highest BCUT2D eigenvalue weighted by molar-refractivity contribution is 4.88. The fourth-order valence-corrected chi connectivity index (χ4v) is 2.62. The van der Waals surface area contributed by atoms with E-state index in [9.17, 15) is 0 Å². The topological polar surface area (TPSA) is 35.2 Å². The Labute approximate surface area is 81.8 Å². The van der Waals surface area contributed by atoms with E-state index in [-0.39, 0.29) is 6.04 Å². The number of nitrogens with two attached hydrogens (primary N) is 1. The van der Waals surface area contributed by atoms with E-state index in [0.717, 1.165) is 0 Å². The van der Waals surface area contributed by atoms with Crippen LogP contribution >= 0.6 is 0 Å². The van der Waals surface area contributed by atoms with Crippen molar-refractivity contribution in [3.8, 4) is 0 Å². The van der Waals surface area contributed by atoms with Crippen LogP contribution in [0.2, 0.25) is 0 Å². The highest BCUT2D eigenvalue weighted by Gasteiger charge is 2.35. The van der Waals surface area contributed by atoms with Crippen LogP contribution in [0.15, 0.2) is 0 Å². The molecule has 2 atom stereocenters. The van der Waals surface area contributed by atoms with Crippen LogP contribution < -0.4 is 5.73 Å². The van der Waals surface area contributed by atoms with Crippen LogP contribution in [0, 0.1) is 11.3 Å². The highest BCUT2D eigenvalue weighted by Crippen LogP contribution is 2.41. The smallest absolute Gasteiger partial charge is 0.0616 e. The van der Waals surface area contributed by atoms with Crippen molar-refractivity contribution in [3.63, 3.8) is 0 Å². The van der Waals surface area contributed by atoms with Crippen LogP contribution in [0.5, 0.6) is 0 Å². The molecule has 1 aliphatic carbocycles. The van der Waals surface area contributed by atoms with E-state index in [1.165, 1.54) is 25.7 Å². The van der Waals surface area contributed by atoms with Gasteiger partial charge in [0.05, 0.1) is 6.61 Å². The second kappa shape index (κ2) is 4.43. The Morgan fingerprint density at radius 1 is 1.46 bits per heavy atom. The van der Waals surface area contributed by atoms with Gasteiger partial charge in [-0.25, -0.2) is 0 Å². The molecule has 13 heavy (non-hydrogen) atoms. The maximum Gasteiger partial charge on any atom is 0.0616 e. The molecule has 0 aromatic carbocycles. The summed E-state index contributed by atoms with van der Waals surface area (Å²) in [7, 11) is 1.73. The van der Waals surface area contributed by atoms with E-state index in [2.05, 4.69) is 13.8 Å². The van der Waals surface area contributed by atoms with Crippen molar-refractivity contribution in [2.75, 3.05) is 13.7 Å². The minimum Gasteiger partial charge on any atom is -0.383 e. The molecule has 2 N–H and O–H groups in total. The first-order chi connectivity index (χ1) is 6.08. The molecule has 1 fully saturated rings. The molecule has 0 aliphatic heterocycles. The Morgan fingerprint density at radius 3 is 2.69 bits per heavy atom. The Balaban J connectivity index is 2.54. The monoisotopic (exact) mass is 185 g/mol. The molecule has 2 nitrogen and oxygen atoms in total. The van der Waals surface area contributed by atoms with Crippen molar-refractivity contribution >= 4 is 0 Å². The van der Waals surface area contributed by atoms with Crippen molar-refractivity contribution in [2.45, 2.75) is 45.6 Å². The third-order valence-corrected chi connectivity index (χ3v) is 3.47. The number of methoxy groups -OCH3 is 1. The molecule has 0 aromatic rings. The molecule has 0 heterocycles. The maximum atomic E-state index is 6.11. The summed E-state index contributed by atoms with van der Waals surface area (Å²) in [5.41, 5.74) is 6.52. The lowest BCUT2D eigenvalue weighted by atomic mass is 9.66. The van der Waals surface area contributed by atoms with Crippen LogP contribution in [0.3, 0.4) is 0 Å². The Kier molecular flexibility index (Phi) is 3.74. The molecular weight excluding hydrogens is 162 g/mol. The predicted octanol–water partition coefficient (Wildman–Crippen LogP) is 2.18. The molecule has 1 saturated carbocycles. The van der Waals surface area contributed by atoms with Crippen molar-refractivity contribution in [1.29, 1.82) is 0 Å². The molecule has 0 aromatic heterocycles. The Hall–Kier alpha value is -0.0800. The zero-order valence-electron chi connectivity index (χ0n) is 9.18. The summed E-state index contributed by atoms with van der Waals surface area (Å²) in [6.07, 6.45) is 5.29. The number of hydrogen-bond donors (Lipinski definition) is 1. The zero-order chi connectivity index (χ0) is 9.90. The average molecular weight is 185 g/mol. The van der Waals surface area contributed by atoms with E-state index >= 15 is 0 Å². The van der Waals surface area contributed by atoms with Gasteiger partial charge in [0.15, 0.2) is 0 Å². The quantitative estimate of drug-likeness (QED) is 0.731. The summed E-state index contributed by atoms with van der Waals surface area (Å²) in [6.45, 7) is 5.38. The van der Waals surface area contributed by atoms with Crippen molar-refractivity contribution in [2.24, 2.45) is 17.1 Å². The summed E-state index contributed by atoms with van der Waals surface area (Å²) in [5.74, 6) is 0.640. The minimum absolute atomic E-state index is 0.222. The Morgan fingerprint density at radius 2 is 2.15 bits per heavy atom. The van der Waals surface area contributed by atoms with Crippen molar-refractivity contribution < 1.29 is 4.74 Å². The van der Waals surface area contributed by atoms with Gasteiger partial charge in [0, 0.05) is 13.2 Å². The molecule has 0 spiro atoms. The van der Waals surface area contributed by atoms with E-state index in [1.54, 1.807) is 7.11 Å². The van der Waals surface area contributed by atoms with Gasteiger partial charge in [-0.3, -0.25) is 0 Å². The second-order valence-electron chi connectivity index (χ2n) is 4.96. The summed E-state index contributed by atoms with van der Waals surface area (Å²) in [5, 5.41) is 0. The first kappa shape index (κ1) is 11.0. The number of rotatable bonds is 3. The molecule has 0 bridgehead atoms. The fraction of sp³-hybridized carbons (Fsp3) is 1.00. The molecule has 0 amide bonds. The van der Waals surface area contributed by atoms with Gasteiger partial charge in [-0.1, -0.05) is 26.7 Å². The zero-order valence-corrected chi connectivity index (χ0v) is 9.18. The fourth-order valence-electron chi connectivity index (χ4n) is 2.62. The lowest BCUT2D eigenvalue weighted by Gasteiger charge is -2.41. The summed E-state index contributed by atoms with van der Waals surface area (Å²) in [6, 6.07) is 0.222. The largest absolute Gasteiger partial charge is 0.383 e. The lowest BCUT2D eigenvalue weighted by molar-refractivity contribution is 0.0696. The van der Waals surface area contributed by atoms with Gasteiger partial charge in [0.1, 0.15) is 0 Å². The normalized spacial score (nSPS) is 30.0. The summed E-state index contributed by atoms with van der Waals surface area (Å²) < 4.78 is 5.13. The average Bonchev–Trinajstić information content (AvgIpc) is 2.03. The number of ether oxygens (including phenoxy) is 1. The minimum atomic E-state index is 0.222. The molecule has 1 rings (SSSR count). The molecule has 2 heteroatoms. The lowest BCUT2D eigenvalue weighted by Crippen LogP contribution is -2.44. The van der Waals surface area contributed by atoms with Crippen LogP contribution in [-0.4, -0.2) is 19.8 Å². The van der Waals surface area contributed by atoms with Gasteiger partial charge in [0.2, 0.25) is 0 Å². The molecule has 2 unspecified atom stereocenters. The first-order valence-corrected chi connectivity index (χ1v) is 5.32. The molecule has 78 valence electrons. The molecule has 0 radical (unpaired) electrons. The van der Waals surface area contributed by atoms with Crippen LogP contribution in [0.1, 0.15) is 39.5 Å². The van der Waals surface area contributed by atoms with Gasteiger partial charge in [0.25, 0.3) is 0 Å². The molecule has 0 saturated heterocycles. The Bertz CT molecular complexity index is 156. The van der Waals surface area contributed by atoms with E-state index < -0.39 is 0 Å². The molecular formula is C11H23NO. The highest BCUT2D eigenvalue weighted by atomic mass is 16.5. The second-order valence-corrected chi connectivity index (χ2v) is 4.96. The van der Waals surface area contributed by atoms with Gasteiger partial charge in [-0.15, -0.1) is 0 Å². The van der Waals surface area contributed by atoms with Crippen molar-refractivity contribution in [1.82, 2.24) is 0 Å². The van der Waals surface area contributed by atoms with Gasteiger partial charge < -0.3 is 10.5 Å². The standard InChI is InChI=1S/C11H23NO/c1-11(2)7-5-4-6-9(11)10(12)8-13-3/h9-10H,4-8,12H2,1-3H3. The van der Waals surface area contributed by atoms with Crippen LogP contribution in [-0.2, 0) is 4.74 Å². The van der Waals surface area contributed by atoms with E-state index in [4.69, 9.17) is 10.5 Å². The third-order valence-electron chi connectivity index (χ3n) is 3.47. The van der Waals surface area contributed by atoms with E-state index in [1.807, 2.05) is 0 Å². The predicted molar refractivity (Wildman–Crippen MR) is 55.6 cm³/mol. The SMILES string of the molecule is COCC(N)C1CCCCC1(C)C. The summed E-state index contributed by atoms with van der Waals surface area (Å²) >= 11 is 0. The van der Waals surface area contributed by atoms with Gasteiger partial charge >= 0.3 is 0 Å². The van der Waals surface area contributed by atoms with Crippen molar-refractivity contribution in [3.05, 3.63) is 0 Å².